The van der Waals surface area contributed by atoms with Gasteiger partial charge in [-0.25, -0.2) is 4.79 Å². The Labute approximate surface area is 78.7 Å². The van der Waals surface area contributed by atoms with Crippen LogP contribution < -0.4 is 0 Å². The Morgan fingerprint density at radius 3 is 2.86 bits per heavy atom. The minimum atomic E-state index is -1.19. The molecule has 1 amide bonds. The van der Waals surface area contributed by atoms with Gasteiger partial charge in [0, 0.05) is 6.08 Å². The first-order chi connectivity index (χ1) is 6.65. The summed E-state index contributed by atoms with van der Waals surface area (Å²) in [5.41, 5.74) is 0. The third kappa shape index (κ3) is 1.00. The number of carboxylic acids is 1. The van der Waals surface area contributed by atoms with E-state index in [9.17, 15) is 14.4 Å². The molecule has 0 aromatic heterocycles. The van der Waals surface area contributed by atoms with Gasteiger partial charge in [-0.05, 0) is 0 Å². The van der Waals surface area contributed by atoms with Crippen LogP contribution in [0.15, 0.2) is 11.8 Å². The van der Waals surface area contributed by atoms with Gasteiger partial charge >= 0.3 is 5.97 Å². The van der Waals surface area contributed by atoms with Crippen LogP contribution in [0.3, 0.4) is 0 Å². The Morgan fingerprint density at radius 1 is 1.64 bits per heavy atom. The molecule has 0 aliphatic carbocycles. The van der Waals surface area contributed by atoms with Crippen LogP contribution in [0.1, 0.15) is 6.42 Å². The lowest BCUT2D eigenvalue weighted by Gasteiger charge is -2.33. The molecule has 0 bridgehead atoms. The molecule has 6 nitrogen and oxygen atoms in total. The number of carbonyl (C=O) groups excluding carboxylic acids is 2. The highest BCUT2D eigenvalue weighted by Crippen LogP contribution is 2.35. The molecule has 0 radical (unpaired) electrons. The van der Waals surface area contributed by atoms with Crippen molar-refractivity contribution in [3.05, 3.63) is 11.8 Å². The van der Waals surface area contributed by atoms with Crippen molar-refractivity contribution in [2.75, 3.05) is 0 Å². The van der Waals surface area contributed by atoms with E-state index in [1.807, 2.05) is 0 Å². The molecule has 0 unspecified atom stereocenters. The first kappa shape index (κ1) is 8.74. The maximum Gasteiger partial charge on any atom is 0.334 e. The van der Waals surface area contributed by atoms with Crippen molar-refractivity contribution in [1.29, 1.82) is 0 Å². The highest BCUT2D eigenvalue weighted by molar-refractivity contribution is 5.91. The van der Waals surface area contributed by atoms with E-state index in [1.54, 1.807) is 0 Å². The minimum Gasteiger partial charge on any atom is -0.479 e. The Hall–Kier alpha value is -1.85. The van der Waals surface area contributed by atoms with E-state index in [-0.39, 0.29) is 18.1 Å². The van der Waals surface area contributed by atoms with Crippen LogP contribution in [-0.2, 0) is 19.1 Å². The van der Waals surface area contributed by atoms with Gasteiger partial charge in [-0.1, -0.05) is 0 Å². The number of aldehydes is 1. The number of carboxylic acid groups (broad SMARTS) is 1. The number of β-lactam (4-membered cyclic amide) rings is 1. The summed E-state index contributed by atoms with van der Waals surface area (Å²) in [7, 11) is 0. The smallest absolute Gasteiger partial charge is 0.334 e. The predicted octanol–water partition coefficient (Wildman–Crippen LogP) is -0.889. The number of aliphatic carboxylic acids is 1. The predicted molar refractivity (Wildman–Crippen MR) is 41.9 cm³/mol. The van der Waals surface area contributed by atoms with Crippen molar-refractivity contribution >= 4 is 18.2 Å². The standard InChI is InChI=1S/C8H7NO5/c10-2-1-4-7(8(12)13)9-5(11)3-6(9)14-4/h1-2,6-7H,3H2,(H,12,13)/t6-,7-/m1/s1. The molecule has 14 heavy (non-hydrogen) atoms. The molecule has 2 rings (SSSR count). The molecular weight excluding hydrogens is 190 g/mol. The van der Waals surface area contributed by atoms with Gasteiger partial charge in [0.15, 0.2) is 12.3 Å². The van der Waals surface area contributed by atoms with Crippen molar-refractivity contribution < 1.29 is 24.2 Å². The van der Waals surface area contributed by atoms with Crippen LogP contribution >= 0.6 is 0 Å². The number of allylic oxidation sites excluding steroid dienone is 1. The summed E-state index contributed by atoms with van der Waals surface area (Å²) in [6.45, 7) is 0. The van der Waals surface area contributed by atoms with Crippen LogP contribution in [0, 0.1) is 0 Å². The zero-order valence-corrected chi connectivity index (χ0v) is 7.04. The average molecular weight is 197 g/mol. The molecule has 0 aromatic rings. The fraction of sp³-hybridized carbons (Fsp3) is 0.375. The Morgan fingerprint density at radius 2 is 2.36 bits per heavy atom. The summed E-state index contributed by atoms with van der Waals surface area (Å²) in [5.74, 6) is -1.42. The van der Waals surface area contributed by atoms with Gasteiger partial charge in [-0.3, -0.25) is 14.5 Å². The number of hydrogen-bond acceptors (Lipinski definition) is 4. The Kier molecular flexibility index (Phi) is 1.77. The average Bonchev–Trinajstić information content (AvgIpc) is 2.39. The third-order valence-corrected chi connectivity index (χ3v) is 2.23. The molecular formula is C8H7NO5. The van der Waals surface area contributed by atoms with Gasteiger partial charge in [-0.15, -0.1) is 0 Å². The van der Waals surface area contributed by atoms with E-state index in [1.165, 1.54) is 0 Å². The van der Waals surface area contributed by atoms with E-state index in [0.717, 1.165) is 11.0 Å². The lowest BCUT2D eigenvalue weighted by Crippen LogP contribution is -2.54. The first-order valence-corrected chi connectivity index (χ1v) is 4.01. The summed E-state index contributed by atoms with van der Waals surface area (Å²) < 4.78 is 5.10. The van der Waals surface area contributed by atoms with Crippen molar-refractivity contribution in [2.45, 2.75) is 18.7 Å². The molecule has 2 heterocycles. The number of fused-ring (bicyclic) bond motifs is 1. The number of nitrogens with zero attached hydrogens (tertiary/aromatic N) is 1. The van der Waals surface area contributed by atoms with Crippen molar-refractivity contribution in [1.82, 2.24) is 4.90 Å². The number of carbonyl (C=O) groups is 3. The Bertz CT molecular complexity index is 348. The van der Waals surface area contributed by atoms with E-state index in [4.69, 9.17) is 9.84 Å². The topological polar surface area (TPSA) is 83.9 Å². The molecule has 0 aromatic carbocycles. The lowest BCUT2D eigenvalue weighted by atomic mass is 10.1. The highest BCUT2D eigenvalue weighted by atomic mass is 16.5. The van der Waals surface area contributed by atoms with E-state index >= 15 is 0 Å². The van der Waals surface area contributed by atoms with Crippen molar-refractivity contribution in [3.8, 4) is 0 Å². The fourth-order valence-electron chi connectivity index (χ4n) is 1.61. The van der Waals surface area contributed by atoms with Crippen molar-refractivity contribution in [2.24, 2.45) is 0 Å². The van der Waals surface area contributed by atoms with Crippen LogP contribution in [-0.4, -0.2) is 40.4 Å². The fourth-order valence-corrected chi connectivity index (χ4v) is 1.61. The van der Waals surface area contributed by atoms with Crippen molar-refractivity contribution in [3.63, 3.8) is 0 Å². The lowest BCUT2D eigenvalue weighted by molar-refractivity contribution is -0.163. The summed E-state index contributed by atoms with van der Waals surface area (Å²) in [5, 5.41) is 8.82. The quantitative estimate of drug-likeness (QED) is 0.352. The number of rotatable bonds is 2. The number of amides is 1. The molecule has 2 atom stereocenters. The van der Waals surface area contributed by atoms with Crippen LogP contribution in [0.25, 0.3) is 0 Å². The maximum atomic E-state index is 11.0. The molecule has 6 heteroatoms. The third-order valence-electron chi connectivity index (χ3n) is 2.23. The molecule has 0 saturated carbocycles. The SMILES string of the molecule is O=CC=C1O[C@@H]2CC(=O)N2[C@H]1C(=O)O. The second-order valence-electron chi connectivity index (χ2n) is 3.02. The van der Waals surface area contributed by atoms with Gasteiger partial charge in [0.25, 0.3) is 0 Å². The zero-order chi connectivity index (χ0) is 10.3. The largest absolute Gasteiger partial charge is 0.479 e. The summed E-state index contributed by atoms with van der Waals surface area (Å²) in [4.78, 5) is 33.1. The second kappa shape index (κ2) is 2.83. The molecule has 0 spiro atoms. The second-order valence-corrected chi connectivity index (χ2v) is 3.02. The highest BCUT2D eigenvalue weighted by Gasteiger charge is 2.53. The zero-order valence-electron chi connectivity index (χ0n) is 7.04. The summed E-state index contributed by atoms with van der Waals surface area (Å²) in [6, 6.07) is -1.13. The number of hydrogen-bond donors (Lipinski definition) is 1. The van der Waals surface area contributed by atoms with Gasteiger partial charge in [-0.2, -0.15) is 0 Å². The molecule has 2 aliphatic heterocycles. The molecule has 2 aliphatic rings. The molecule has 2 saturated heterocycles. The minimum absolute atomic E-state index is 0.0309. The normalized spacial score (nSPS) is 32.1. The monoisotopic (exact) mass is 197 g/mol. The summed E-state index contributed by atoms with van der Waals surface area (Å²) >= 11 is 0. The summed E-state index contributed by atoms with van der Waals surface area (Å²) in [6.07, 6.45) is 1.15. The van der Waals surface area contributed by atoms with Crippen LogP contribution in [0.5, 0.6) is 0 Å². The van der Waals surface area contributed by atoms with Crippen LogP contribution in [0.4, 0.5) is 0 Å². The van der Waals surface area contributed by atoms with E-state index in [0.29, 0.717) is 6.29 Å². The van der Waals surface area contributed by atoms with E-state index in [2.05, 4.69) is 0 Å². The van der Waals surface area contributed by atoms with Gasteiger partial charge in [0.05, 0.1) is 6.42 Å². The van der Waals surface area contributed by atoms with Gasteiger partial charge in [0.1, 0.15) is 12.0 Å². The number of ether oxygens (including phenoxy) is 1. The Balaban J connectivity index is 2.30. The van der Waals surface area contributed by atoms with Gasteiger partial charge in [0.2, 0.25) is 5.91 Å². The first-order valence-electron chi connectivity index (χ1n) is 4.01. The van der Waals surface area contributed by atoms with Crippen LogP contribution in [0.2, 0.25) is 0 Å². The van der Waals surface area contributed by atoms with E-state index < -0.39 is 18.2 Å². The molecule has 74 valence electrons. The molecule has 2 fully saturated rings. The van der Waals surface area contributed by atoms with Gasteiger partial charge < -0.3 is 9.84 Å². The maximum absolute atomic E-state index is 11.0. The molecule has 1 N–H and O–H groups in total.